The Bertz CT molecular complexity index is 1610. The third-order valence-electron chi connectivity index (χ3n) is 9.08. The van der Waals surface area contributed by atoms with Gasteiger partial charge in [-0.2, -0.15) is 0 Å². The molecule has 11 heteroatoms. The van der Waals surface area contributed by atoms with Gasteiger partial charge in [0.25, 0.3) is 5.91 Å². The van der Waals surface area contributed by atoms with Crippen LogP contribution < -0.4 is 16.4 Å². The SMILES string of the molecule is CCN(CC)CCNC(=O)OC1CCC(Nc2cc(-c3c4n(c5cc(F)ccc35)C(=O)CC(C)(C)C4)cc(F)c2C(N)=O)CC1. The molecule has 0 spiro atoms. The molecule has 2 heterocycles. The van der Waals surface area contributed by atoms with Gasteiger partial charge in [0.1, 0.15) is 17.7 Å². The molecule has 1 aromatic heterocycles. The summed E-state index contributed by atoms with van der Waals surface area (Å²) >= 11 is 0. The Balaban J connectivity index is 1.37. The number of hydrogen-bond donors (Lipinski definition) is 3. The number of likely N-dealkylation sites (N-methyl/N-ethyl adjacent to an activating group) is 1. The minimum Gasteiger partial charge on any atom is -0.446 e. The van der Waals surface area contributed by atoms with Crippen LogP contribution in [0, 0.1) is 17.0 Å². The van der Waals surface area contributed by atoms with Crippen LogP contribution in [0.25, 0.3) is 22.0 Å². The zero-order chi connectivity index (χ0) is 32.5. The van der Waals surface area contributed by atoms with Crippen LogP contribution in [-0.4, -0.2) is 65.7 Å². The first-order valence-corrected chi connectivity index (χ1v) is 15.8. The van der Waals surface area contributed by atoms with E-state index in [4.69, 9.17) is 10.5 Å². The summed E-state index contributed by atoms with van der Waals surface area (Å²) < 4.78 is 37.2. The Labute approximate surface area is 262 Å². The molecule has 0 atom stereocenters. The molecule has 1 fully saturated rings. The molecule has 4 N–H and O–H groups in total. The molecule has 0 bridgehead atoms. The number of nitrogens with one attached hydrogen (secondary N) is 2. The molecule has 1 aliphatic carbocycles. The van der Waals surface area contributed by atoms with Gasteiger partial charge in [0, 0.05) is 42.2 Å². The van der Waals surface area contributed by atoms with E-state index in [1.54, 1.807) is 16.7 Å². The summed E-state index contributed by atoms with van der Waals surface area (Å²) in [5, 5.41) is 6.78. The van der Waals surface area contributed by atoms with Crippen LogP contribution >= 0.6 is 0 Å². The van der Waals surface area contributed by atoms with E-state index < -0.39 is 23.6 Å². The lowest BCUT2D eigenvalue weighted by Crippen LogP contribution is -2.38. The maximum absolute atomic E-state index is 15.7. The minimum atomic E-state index is -0.901. The quantitative estimate of drug-likeness (QED) is 0.252. The number of fused-ring (bicyclic) bond motifs is 3. The highest BCUT2D eigenvalue weighted by atomic mass is 19.1. The lowest BCUT2D eigenvalue weighted by Gasteiger charge is -2.31. The summed E-state index contributed by atoms with van der Waals surface area (Å²) in [5.41, 5.74) is 7.52. The van der Waals surface area contributed by atoms with Gasteiger partial charge in [-0.05, 0) is 86.5 Å². The van der Waals surface area contributed by atoms with E-state index in [-0.39, 0.29) is 34.7 Å². The molecule has 0 unspecified atom stereocenters. The van der Waals surface area contributed by atoms with Crippen LogP contribution in [0.4, 0.5) is 19.3 Å². The van der Waals surface area contributed by atoms with Crippen LogP contribution in [0.15, 0.2) is 30.3 Å². The van der Waals surface area contributed by atoms with Gasteiger partial charge in [0.2, 0.25) is 5.91 Å². The topological polar surface area (TPSA) is 119 Å². The second-order valence-corrected chi connectivity index (χ2v) is 13.0. The lowest BCUT2D eigenvalue weighted by atomic mass is 9.80. The molecule has 9 nitrogen and oxygen atoms in total. The zero-order valence-corrected chi connectivity index (χ0v) is 26.5. The van der Waals surface area contributed by atoms with Crippen LogP contribution in [-0.2, 0) is 11.2 Å². The number of anilines is 1. The molecule has 0 saturated heterocycles. The van der Waals surface area contributed by atoms with Crippen LogP contribution in [0.5, 0.6) is 0 Å². The maximum atomic E-state index is 15.7. The van der Waals surface area contributed by atoms with Crippen LogP contribution in [0.2, 0.25) is 0 Å². The van der Waals surface area contributed by atoms with Crippen molar-refractivity contribution in [1.29, 1.82) is 0 Å². The second kappa shape index (κ2) is 13.2. The highest BCUT2D eigenvalue weighted by molar-refractivity contribution is 6.06. The number of aromatic nitrogens is 1. The number of ether oxygens (including phenoxy) is 1. The number of alkyl carbamates (subject to hydrolysis) is 1. The van der Waals surface area contributed by atoms with Crippen molar-refractivity contribution < 1.29 is 27.9 Å². The number of carbonyl (C=O) groups is 3. The van der Waals surface area contributed by atoms with Gasteiger partial charge in [0.05, 0.1) is 16.8 Å². The molecular formula is C34H43F2N5O4. The summed E-state index contributed by atoms with van der Waals surface area (Å²) in [6, 6.07) is 7.11. The minimum absolute atomic E-state index is 0.113. The van der Waals surface area contributed by atoms with E-state index in [0.717, 1.165) is 19.6 Å². The molecule has 242 valence electrons. The molecule has 5 rings (SSSR count). The predicted molar refractivity (Wildman–Crippen MR) is 170 cm³/mol. The largest absolute Gasteiger partial charge is 0.446 e. The monoisotopic (exact) mass is 623 g/mol. The molecule has 0 radical (unpaired) electrons. The first kappa shape index (κ1) is 32.4. The van der Waals surface area contributed by atoms with Crippen molar-refractivity contribution in [3.63, 3.8) is 0 Å². The lowest BCUT2D eigenvalue weighted by molar-refractivity contribution is 0.0725. The van der Waals surface area contributed by atoms with Crippen LogP contribution in [0.1, 0.15) is 80.6 Å². The van der Waals surface area contributed by atoms with Crippen molar-refractivity contribution in [1.82, 2.24) is 14.8 Å². The van der Waals surface area contributed by atoms with Gasteiger partial charge in [-0.3, -0.25) is 14.2 Å². The second-order valence-electron chi connectivity index (χ2n) is 13.0. The summed E-state index contributed by atoms with van der Waals surface area (Å²) in [6.07, 6.45) is 2.63. The number of primary amides is 1. The normalized spacial score (nSPS) is 19.4. The predicted octanol–water partition coefficient (Wildman–Crippen LogP) is 6.09. The van der Waals surface area contributed by atoms with Crippen molar-refractivity contribution in [3.05, 3.63) is 53.2 Å². The van der Waals surface area contributed by atoms with Crippen molar-refractivity contribution in [2.75, 3.05) is 31.5 Å². The molecule has 45 heavy (non-hydrogen) atoms. The third-order valence-corrected chi connectivity index (χ3v) is 9.08. The first-order valence-electron chi connectivity index (χ1n) is 15.8. The van der Waals surface area contributed by atoms with Gasteiger partial charge in [-0.15, -0.1) is 0 Å². The van der Waals surface area contributed by atoms with E-state index >= 15 is 4.39 Å². The van der Waals surface area contributed by atoms with E-state index in [1.165, 1.54) is 18.2 Å². The van der Waals surface area contributed by atoms with Gasteiger partial charge >= 0.3 is 6.09 Å². The smallest absolute Gasteiger partial charge is 0.407 e. The molecule has 1 aliphatic heterocycles. The number of halogens is 2. The number of amides is 2. The number of nitrogens with zero attached hydrogens (tertiary/aromatic N) is 2. The average molecular weight is 624 g/mol. The molecule has 3 aromatic rings. The Morgan fingerprint density at radius 3 is 2.44 bits per heavy atom. The molecular weight excluding hydrogens is 580 g/mol. The molecule has 2 aromatic carbocycles. The van der Waals surface area contributed by atoms with Crippen molar-refractivity contribution in [3.8, 4) is 11.1 Å². The van der Waals surface area contributed by atoms with E-state index in [2.05, 4.69) is 29.4 Å². The number of rotatable bonds is 10. The van der Waals surface area contributed by atoms with E-state index in [1.807, 2.05) is 13.8 Å². The van der Waals surface area contributed by atoms with E-state index in [9.17, 15) is 18.8 Å². The summed E-state index contributed by atoms with van der Waals surface area (Å²) in [7, 11) is 0. The maximum Gasteiger partial charge on any atom is 0.407 e. The Hall–Kier alpha value is -3.99. The van der Waals surface area contributed by atoms with Crippen LogP contribution in [0.3, 0.4) is 0 Å². The Morgan fingerprint density at radius 2 is 1.78 bits per heavy atom. The van der Waals surface area contributed by atoms with Gasteiger partial charge in [0.15, 0.2) is 0 Å². The zero-order valence-electron chi connectivity index (χ0n) is 26.5. The fraction of sp³-hybridized carbons (Fsp3) is 0.500. The van der Waals surface area contributed by atoms with Crippen molar-refractivity contribution in [2.45, 2.75) is 78.4 Å². The highest BCUT2D eigenvalue weighted by Crippen LogP contribution is 2.44. The number of carbonyl (C=O) groups excluding carboxylic acids is 3. The van der Waals surface area contributed by atoms with E-state index in [0.29, 0.717) is 72.8 Å². The number of benzene rings is 2. The summed E-state index contributed by atoms with van der Waals surface area (Å²) in [4.78, 5) is 40.2. The molecule has 2 aliphatic rings. The number of hydrogen-bond acceptors (Lipinski definition) is 6. The fourth-order valence-corrected chi connectivity index (χ4v) is 6.80. The van der Waals surface area contributed by atoms with Gasteiger partial charge in [-0.25, -0.2) is 13.6 Å². The molecule has 1 saturated carbocycles. The van der Waals surface area contributed by atoms with Crippen molar-refractivity contribution >= 4 is 34.5 Å². The average Bonchev–Trinajstić information content (AvgIpc) is 3.28. The van der Waals surface area contributed by atoms with Gasteiger partial charge in [-0.1, -0.05) is 27.7 Å². The summed E-state index contributed by atoms with van der Waals surface area (Å²) in [5.74, 6) is -2.30. The van der Waals surface area contributed by atoms with Crippen molar-refractivity contribution in [2.24, 2.45) is 11.1 Å². The number of nitrogens with two attached hydrogens (primary N) is 1. The fourth-order valence-electron chi connectivity index (χ4n) is 6.80. The standard InChI is InChI=1S/C34H43F2N5O4/c1-5-40(6-2)14-13-38-33(44)45-23-10-8-22(9-11-23)39-26-16-20(15-25(36)31(26)32(37)43)30-24-12-7-21(35)17-27(24)41-28(30)18-34(3,4)19-29(41)42/h7,12,15-17,22-23,39H,5-6,8-11,13-14,18-19H2,1-4H3,(H2,37,43)(H,38,44). The first-order chi connectivity index (χ1) is 21.4. The Morgan fingerprint density at radius 1 is 1.07 bits per heavy atom. The summed E-state index contributed by atoms with van der Waals surface area (Å²) in [6.45, 7) is 11.2. The van der Waals surface area contributed by atoms with Gasteiger partial charge < -0.3 is 26.0 Å². The highest BCUT2D eigenvalue weighted by Gasteiger charge is 2.36. The third kappa shape index (κ3) is 6.98. The molecule has 2 amide bonds. The Kier molecular flexibility index (Phi) is 9.48.